The average Bonchev–Trinajstić information content (AvgIpc) is 2.26. The number of hydrogen-bond acceptors (Lipinski definition) is 2. The van der Waals surface area contributed by atoms with Crippen molar-refractivity contribution in [3.05, 3.63) is 0 Å². The molecule has 1 fully saturated rings. The molecule has 2 heteroatoms. The van der Waals surface area contributed by atoms with Gasteiger partial charge in [-0.3, -0.25) is 0 Å². The van der Waals surface area contributed by atoms with E-state index in [0.717, 1.165) is 44.1 Å². The van der Waals surface area contributed by atoms with Gasteiger partial charge in [0.05, 0.1) is 0 Å². The Hall–Kier alpha value is -0.0800. The summed E-state index contributed by atoms with van der Waals surface area (Å²) in [5.41, 5.74) is 0. The molecule has 1 heterocycles. The van der Waals surface area contributed by atoms with Gasteiger partial charge in [0.1, 0.15) is 0 Å². The maximum atomic E-state index is 5.40. The molecule has 0 aliphatic carbocycles. The van der Waals surface area contributed by atoms with Gasteiger partial charge in [-0.2, -0.15) is 0 Å². The van der Waals surface area contributed by atoms with E-state index < -0.39 is 0 Å². The average molecular weight is 199 g/mol. The summed E-state index contributed by atoms with van der Waals surface area (Å²) in [5.74, 6) is 2.51. The molecule has 0 aromatic carbocycles. The maximum Gasteiger partial charge on any atom is 0.0468 e. The van der Waals surface area contributed by atoms with Gasteiger partial charge in [-0.1, -0.05) is 20.8 Å². The van der Waals surface area contributed by atoms with Crippen molar-refractivity contribution in [1.29, 1.82) is 0 Å². The van der Waals surface area contributed by atoms with Crippen LogP contribution in [0.5, 0.6) is 0 Å². The molecule has 84 valence electrons. The lowest BCUT2D eigenvalue weighted by molar-refractivity contribution is 0.0398. The summed E-state index contributed by atoms with van der Waals surface area (Å²) in [6.45, 7) is 11.1. The van der Waals surface area contributed by atoms with Crippen LogP contribution in [0.3, 0.4) is 0 Å². The van der Waals surface area contributed by atoms with Crippen molar-refractivity contribution < 1.29 is 4.74 Å². The van der Waals surface area contributed by atoms with Crippen LogP contribution < -0.4 is 5.32 Å². The van der Waals surface area contributed by atoms with Crippen LogP contribution in [0.2, 0.25) is 0 Å². The van der Waals surface area contributed by atoms with Crippen LogP contribution >= 0.6 is 0 Å². The molecule has 14 heavy (non-hydrogen) atoms. The molecule has 1 N–H and O–H groups in total. The monoisotopic (exact) mass is 199 g/mol. The molecule has 1 aliphatic heterocycles. The largest absolute Gasteiger partial charge is 0.381 e. The van der Waals surface area contributed by atoms with Gasteiger partial charge < -0.3 is 10.1 Å². The van der Waals surface area contributed by atoms with E-state index in [1.807, 2.05) is 0 Å². The molecule has 0 bridgehead atoms. The molecule has 0 amide bonds. The van der Waals surface area contributed by atoms with Gasteiger partial charge in [0.15, 0.2) is 0 Å². The fraction of sp³-hybridized carbons (Fsp3) is 1.00. The molecule has 0 aromatic rings. The minimum atomic E-state index is 0.790. The highest BCUT2D eigenvalue weighted by Gasteiger charge is 2.24. The van der Waals surface area contributed by atoms with E-state index in [2.05, 4.69) is 26.1 Å². The van der Waals surface area contributed by atoms with Gasteiger partial charge in [0.2, 0.25) is 0 Å². The van der Waals surface area contributed by atoms with Crippen molar-refractivity contribution in [3.63, 3.8) is 0 Å². The summed E-state index contributed by atoms with van der Waals surface area (Å²) in [5, 5.41) is 3.44. The summed E-state index contributed by atoms with van der Waals surface area (Å²) >= 11 is 0. The molecule has 2 nitrogen and oxygen atoms in total. The zero-order chi connectivity index (χ0) is 10.4. The van der Waals surface area contributed by atoms with Crippen molar-refractivity contribution in [3.8, 4) is 0 Å². The van der Waals surface area contributed by atoms with Crippen molar-refractivity contribution >= 4 is 0 Å². The van der Waals surface area contributed by atoms with Gasteiger partial charge in [0.25, 0.3) is 0 Å². The normalized spacial score (nSPS) is 23.4. The first-order valence-electron chi connectivity index (χ1n) is 6.04. The van der Waals surface area contributed by atoms with Crippen molar-refractivity contribution in [2.75, 3.05) is 26.3 Å². The Morgan fingerprint density at radius 1 is 1.29 bits per heavy atom. The van der Waals surface area contributed by atoms with Gasteiger partial charge in [0, 0.05) is 13.2 Å². The Kier molecular flexibility index (Phi) is 5.49. The first kappa shape index (κ1) is 12.0. The second kappa shape index (κ2) is 6.41. The zero-order valence-corrected chi connectivity index (χ0v) is 9.88. The second-order valence-corrected chi connectivity index (χ2v) is 4.59. The molecule has 0 spiro atoms. The van der Waals surface area contributed by atoms with E-state index >= 15 is 0 Å². The van der Waals surface area contributed by atoms with Gasteiger partial charge in [-0.25, -0.2) is 0 Å². The molecule has 2 atom stereocenters. The van der Waals surface area contributed by atoms with Crippen LogP contribution in [0.25, 0.3) is 0 Å². The number of hydrogen-bond donors (Lipinski definition) is 1. The van der Waals surface area contributed by atoms with Crippen LogP contribution in [-0.2, 0) is 4.74 Å². The molecule has 0 saturated carbocycles. The standard InChI is InChI=1S/C12H25NO/c1-4-13-9-10(2)11(3)12-5-7-14-8-6-12/h10-13H,4-9H2,1-3H3. The van der Waals surface area contributed by atoms with Gasteiger partial charge >= 0.3 is 0 Å². The van der Waals surface area contributed by atoms with E-state index in [1.165, 1.54) is 12.8 Å². The Morgan fingerprint density at radius 3 is 2.50 bits per heavy atom. The zero-order valence-electron chi connectivity index (χ0n) is 9.88. The predicted molar refractivity (Wildman–Crippen MR) is 60.4 cm³/mol. The first-order valence-corrected chi connectivity index (χ1v) is 6.04. The molecular weight excluding hydrogens is 174 g/mol. The lowest BCUT2D eigenvalue weighted by Crippen LogP contribution is -2.31. The smallest absolute Gasteiger partial charge is 0.0468 e. The van der Waals surface area contributed by atoms with Crippen LogP contribution in [0.15, 0.2) is 0 Å². The third kappa shape index (κ3) is 3.58. The van der Waals surface area contributed by atoms with Crippen LogP contribution in [-0.4, -0.2) is 26.3 Å². The fourth-order valence-electron chi connectivity index (χ4n) is 2.26. The Morgan fingerprint density at radius 2 is 1.93 bits per heavy atom. The molecule has 0 radical (unpaired) electrons. The van der Waals surface area contributed by atoms with Crippen molar-refractivity contribution in [1.82, 2.24) is 5.32 Å². The maximum absolute atomic E-state index is 5.40. The summed E-state index contributed by atoms with van der Waals surface area (Å²) in [4.78, 5) is 0. The Bertz CT molecular complexity index is 143. The van der Waals surface area contributed by atoms with E-state index in [9.17, 15) is 0 Å². The van der Waals surface area contributed by atoms with Crippen LogP contribution in [0.4, 0.5) is 0 Å². The third-order valence-corrected chi connectivity index (χ3v) is 3.62. The second-order valence-electron chi connectivity index (χ2n) is 4.59. The molecule has 0 aromatic heterocycles. The highest BCUT2D eigenvalue weighted by atomic mass is 16.5. The van der Waals surface area contributed by atoms with Crippen LogP contribution in [0.1, 0.15) is 33.6 Å². The Balaban J connectivity index is 2.26. The number of rotatable bonds is 5. The van der Waals surface area contributed by atoms with E-state index in [4.69, 9.17) is 4.74 Å². The minimum Gasteiger partial charge on any atom is -0.381 e. The van der Waals surface area contributed by atoms with Crippen molar-refractivity contribution in [2.24, 2.45) is 17.8 Å². The molecule has 1 aliphatic rings. The van der Waals surface area contributed by atoms with Crippen molar-refractivity contribution in [2.45, 2.75) is 33.6 Å². The molecule has 2 unspecified atom stereocenters. The van der Waals surface area contributed by atoms with Gasteiger partial charge in [-0.15, -0.1) is 0 Å². The molecule has 1 rings (SSSR count). The quantitative estimate of drug-likeness (QED) is 0.733. The van der Waals surface area contributed by atoms with E-state index in [0.29, 0.717) is 0 Å². The van der Waals surface area contributed by atoms with Crippen LogP contribution in [0, 0.1) is 17.8 Å². The highest BCUT2D eigenvalue weighted by Crippen LogP contribution is 2.28. The predicted octanol–water partition coefficient (Wildman–Crippen LogP) is 2.29. The number of nitrogens with one attached hydrogen (secondary N) is 1. The van der Waals surface area contributed by atoms with E-state index in [1.54, 1.807) is 0 Å². The Labute approximate surface area is 88.4 Å². The molecule has 1 saturated heterocycles. The lowest BCUT2D eigenvalue weighted by Gasteiger charge is -2.31. The topological polar surface area (TPSA) is 21.3 Å². The summed E-state index contributed by atoms with van der Waals surface area (Å²) in [7, 11) is 0. The highest BCUT2D eigenvalue weighted by molar-refractivity contribution is 4.74. The number of ether oxygens (including phenoxy) is 1. The van der Waals surface area contributed by atoms with Gasteiger partial charge in [-0.05, 0) is 43.7 Å². The minimum absolute atomic E-state index is 0.790. The summed E-state index contributed by atoms with van der Waals surface area (Å²) in [6.07, 6.45) is 2.52. The SMILES string of the molecule is CCNCC(C)C(C)C1CCOCC1. The summed E-state index contributed by atoms with van der Waals surface area (Å²) < 4.78 is 5.40. The van der Waals surface area contributed by atoms with E-state index in [-0.39, 0.29) is 0 Å². The summed E-state index contributed by atoms with van der Waals surface area (Å²) in [6, 6.07) is 0. The third-order valence-electron chi connectivity index (χ3n) is 3.62. The lowest BCUT2D eigenvalue weighted by atomic mass is 9.79. The first-order chi connectivity index (χ1) is 6.75. The fourth-order valence-corrected chi connectivity index (χ4v) is 2.26. The molecular formula is C12H25NO.